The smallest absolute Gasteiger partial charge is 0.325 e. The minimum Gasteiger partial charge on any atom is -0.365 e. The van der Waals surface area contributed by atoms with Gasteiger partial charge in [-0.3, -0.25) is 19.3 Å². The lowest BCUT2D eigenvalue weighted by molar-refractivity contribution is -0.133. The van der Waals surface area contributed by atoms with Crippen LogP contribution in [0.3, 0.4) is 0 Å². The molecule has 8 nitrogen and oxygen atoms in total. The molecule has 1 spiro atoms. The first-order valence-electron chi connectivity index (χ1n) is 8.37. The van der Waals surface area contributed by atoms with Crippen molar-refractivity contribution in [2.75, 3.05) is 23.4 Å². The summed E-state index contributed by atoms with van der Waals surface area (Å²) in [7, 11) is 0. The van der Waals surface area contributed by atoms with Crippen LogP contribution in [-0.2, 0) is 22.4 Å². The predicted molar refractivity (Wildman–Crippen MR) is 98.4 cm³/mol. The molecule has 1 aromatic rings. The van der Waals surface area contributed by atoms with Crippen molar-refractivity contribution < 1.29 is 19.2 Å². The van der Waals surface area contributed by atoms with Gasteiger partial charge in [0, 0.05) is 10.6 Å². The largest absolute Gasteiger partial charge is 0.365 e. The highest BCUT2D eigenvalue weighted by Gasteiger charge is 2.53. The van der Waals surface area contributed by atoms with Crippen molar-refractivity contribution in [1.82, 2.24) is 10.2 Å². The number of primary amides is 1. The molecule has 2 aliphatic heterocycles. The molecule has 26 heavy (non-hydrogen) atoms. The maximum Gasteiger partial charge on any atom is 0.325 e. The number of amides is 5. The molecule has 0 saturated carbocycles. The van der Waals surface area contributed by atoms with Crippen molar-refractivity contribution in [2.24, 2.45) is 5.73 Å². The molecule has 0 aromatic carbocycles. The molecular formula is C16H18N4O4S2. The fourth-order valence-electron chi connectivity index (χ4n) is 3.71. The van der Waals surface area contributed by atoms with Gasteiger partial charge in [0.2, 0.25) is 5.91 Å². The Morgan fingerprint density at radius 3 is 2.81 bits per heavy atom. The van der Waals surface area contributed by atoms with E-state index in [9.17, 15) is 19.2 Å². The Morgan fingerprint density at radius 2 is 2.12 bits per heavy atom. The normalized spacial score (nSPS) is 24.2. The van der Waals surface area contributed by atoms with E-state index in [4.69, 9.17) is 5.73 Å². The molecule has 3 aliphatic rings. The van der Waals surface area contributed by atoms with Crippen molar-refractivity contribution in [3.05, 3.63) is 16.0 Å². The molecule has 5 amide bonds. The molecule has 138 valence electrons. The SMILES string of the molecule is NC(=O)c1c(NC(=O)CN2C(=O)NC3(CCSC3)C2=O)sc2c1CCC2. The summed E-state index contributed by atoms with van der Waals surface area (Å²) in [5.74, 6) is -0.116. The number of hydrogen-bond acceptors (Lipinski definition) is 6. The second kappa shape index (κ2) is 6.27. The molecule has 2 saturated heterocycles. The van der Waals surface area contributed by atoms with E-state index in [2.05, 4.69) is 10.6 Å². The molecule has 0 radical (unpaired) electrons. The maximum atomic E-state index is 12.6. The zero-order valence-electron chi connectivity index (χ0n) is 13.9. The third kappa shape index (κ3) is 2.67. The van der Waals surface area contributed by atoms with Crippen molar-refractivity contribution in [3.8, 4) is 0 Å². The number of nitrogens with one attached hydrogen (secondary N) is 2. The van der Waals surface area contributed by atoms with E-state index in [0.29, 0.717) is 22.7 Å². The number of rotatable bonds is 4. The van der Waals surface area contributed by atoms with Crippen LogP contribution < -0.4 is 16.4 Å². The van der Waals surface area contributed by atoms with Crippen molar-refractivity contribution in [2.45, 2.75) is 31.2 Å². The third-order valence-electron chi connectivity index (χ3n) is 4.99. The zero-order valence-corrected chi connectivity index (χ0v) is 15.6. The highest BCUT2D eigenvalue weighted by molar-refractivity contribution is 7.99. The number of carbonyl (C=O) groups is 4. The summed E-state index contributed by atoms with van der Waals surface area (Å²) in [5, 5.41) is 5.80. The quantitative estimate of drug-likeness (QED) is 0.649. The van der Waals surface area contributed by atoms with Gasteiger partial charge in [-0.15, -0.1) is 11.3 Å². The molecular weight excluding hydrogens is 376 g/mol. The van der Waals surface area contributed by atoms with E-state index >= 15 is 0 Å². The van der Waals surface area contributed by atoms with Crippen LogP contribution in [-0.4, -0.2) is 52.2 Å². The Labute approximate surface area is 157 Å². The number of carbonyl (C=O) groups excluding carboxylic acids is 4. The van der Waals surface area contributed by atoms with Crippen molar-refractivity contribution in [1.29, 1.82) is 0 Å². The van der Waals surface area contributed by atoms with Gasteiger partial charge in [-0.2, -0.15) is 11.8 Å². The Bertz CT molecular complexity index is 828. The number of thioether (sulfide) groups is 1. The molecule has 1 unspecified atom stereocenters. The average molecular weight is 394 g/mol. The fraction of sp³-hybridized carbons (Fsp3) is 0.500. The average Bonchev–Trinajstić information content (AvgIpc) is 3.30. The summed E-state index contributed by atoms with van der Waals surface area (Å²) in [6.45, 7) is -0.377. The topological polar surface area (TPSA) is 122 Å². The molecule has 10 heteroatoms. The summed E-state index contributed by atoms with van der Waals surface area (Å²) < 4.78 is 0. The van der Waals surface area contributed by atoms with E-state index in [0.717, 1.165) is 40.4 Å². The van der Waals surface area contributed by atoms with Crippen LogP contribution in [0.25, 0.3) is 0 Å². The number of nitrogens with two attached hydrogens (primary N) is 1. The lowest BCUT2D eigenvalue weighted by Gasteiger charge is -2.19. The fourth-order valence-corrected chi connectivity index (χ4v) is 6.35. The van der Waals surface area contributed by atoms with Crippen LogP contribution in [0.5, 0.6) is 0 Å². The first-order chi connectivity index (χ1) is 12.4. The molecule has 2 fully saturated rings. The first-order valence-corrected chi connectivity index (χ1v) is 10.3. The molecule has 0 bridgehead atoms. The van der Waals surface area contributed by atoms with Crippen LogP contribution in [0.2, 0.25) is 0 Å². The Kier molecular flexibility index (Phi) is 4.19. The van der Waals surface area contributed by atoms with Gasteiger partial charge in [0.1, 0.15) is 17.1 Å². The zero-order chi connectivity index (χ0) is 18.5. The van der Waals surface area contributed by atoms with Crippen LogP contribution in [0.15, 0.2) is 0 Å². The number of imide groups is 1. The molecule has 1 aliphatic carbocycles. The van der Waals surface area contributed by atoms with E-state index in [-0.39, 0.29) is 12.5 Å². The van der Waals surface area contributed by atoms with E-state index in [1.807, 2.05) is 0 Å². The van der Waals surface area contributed by atoms with Crippen LogP contribution in [0.1, 0.15) is 33.6 Å². The second-order valence-electron chi connectivity index (χ2n) is 6.68. The van der Waals surface area contributed by atoms with Crippen molar-refractivity contribution in [3.63, 3.8) is 0 Å². The minimum absolute atomic E-state index is 0.355. The monoisotopic (exact) mass is 394 g/mol. The van der Waals surface area contributed by atoms with Gasteiger partial charge in [0.25, 0.3) is 11.8 Å². The number of hydrogen-bond donors (Lipinski definition) is 3. The van der Waals surface area contributed by atoms with Gasteiger partial charge in [0.05, 0.1) is 5.56 Å². The standard InChI is InChI=1S/C16H18N4O4S2/c17-12(22)11-8-2-1-3-9(8)26-13(11)18-10(21)6-20-14(23)16(19-15(20)24)4-5-25-7-16/h1-7H2,(H2,17,22)(H,18,21)(H,19,24). The Morgan fingerprint density at radius 1 is 1.31 bits per heavy atom. The number of fused-ring (bicyclic) bond motifs is 1. The Hall–Kier alpha value is -2.07. The van der Waals surface area contributed by atoms with E-state index < -0.39 is 23.4 Å². The summed E-state index contributed by atoms with van der Waals surface area (Å²) in [6.07, 6.45) is 3.18. The summed E-state index contributed by atoms with van der Waals surface area (Å²) in [4.78, 5) is 51.0. The summed E-state index contributed by atoms with van der Waals surface area (Å²) in [5.41, 5.74) is 5.88. The maximum absolute atomic E-state index is 12.6. The van der Waals surface area contributed by atoms with Crippen LogP contribution in [0.4, 0.5) is 9.80 Å². The molecule has 1 atom stereocenters. The first kappa shape index (κ1) is 17.3. The third-order valence-corrected chi connectivity index (χ3v) is 7.39. The van der Waals surface area contributed by atoms with Crippen LogP contribution in [0, 0.1) is 0 Å². The van der Waals surface area contributed by atoms with Gasteiger partial charge in [-0.1, -0.05) is 0 Å². The second-order valence-corrected chi connectivity index (χ2v) is 8.89. The number of thiophene rings is 1. The van der Waals surface area contributed by atoms with E-state index in [1.54, 1.807) is 11.8 Å². The van der Waals surface area contributed by atoms with Gasteiger partial charge in [-0.05, 0) is 37.0 Å². The lowest BCUT2D eigenvalue weighted by atomic mass is 9.99. The number of nitrogens with zero attached hydrogens (tertiary/aromatic N) is 1. The number of urea groups is 1. The lowest BCUT2D eigenvalue weighted by Crippen LogP contribution is -2.47. The van der Waals surface area contributed by atoms with Gasteiger partial charge in [-0.25, -0.2) is 4.79 Å². The van der Waals surface area contributed by atoms with Crippen LogP contribution >= 0.6 is 23.1 Å². The van der Waals surface area contributed by atoms with E-state index in [1.165, 1.54) is 11.3 Å². The minimum atomic E-state index is -0.871. The highest BCUT2D eigenvalue weighted by Crippen LogP contribution is 2.39. The van der Waals surface area contributed by atoms with Gasteiger partial charge in [0.15, 0.2) is 0 Å². The van der Waals surface area contributed by atoms with Gasteiger partial charge < -0.3 is 16.4 Å². The molecule has 4 rings (SSSR count). The van der Waals surface area contributed by atoms with Crippen molar-refractivity contribution >= 4 is 51.9 Å². The molecule has 4 N–H and O–H groups in total. The van der Waals surface area contributed by atoms with Gasteiger partial charge >= 0.3 is 6.03 Å². The number of anilines is 1. The summed E-state index contributed by atoms with van der Waals surface area (Å²) >= 11 is 2.95. The number of aryl methyl sites for hydroxylation is 1. The predicted octanol–water partition coefficient (Wildman–Crippen LogP) is 0.702. The molecule has 3 heterocycles. The molecule has 1 aromatic heterocycles. The Balaban J connectivity index is 1.49. The highest BCUT2D eigenvalue weighted by atomic mass is 32.2. The summed E-state index contributed by atoms with van der Waals surface area (Å²) in [6, 6.07) is -0.545.